The first-order valence-corrected chi connectivity index (χ1v) is 28.5. The predicted octanol–water partition coefficient (Wildman–Crippen LogP) is 5.95. The summed E-state index contributed by atoms with van der Waals surface area (Å²) in [6.07, 6.45) is 1.02. The number of hydrogen-bond acceptors (Lipinski definition) is 16. The lowest BCUT2D eigenvalue weighted by Crippen LogP contribution is -2.64. The molecule has 2 aromatic carbocycles. The molecule has 1 aliphatic carbocycles. The van der Waals surface area contributed by atoms with Gasteiger partial charge in [-0.3, -0.25) is 39.4 Å². The highest BCUT2D eigenvalue weighted by molar-refractivity contribution is 6.35. The molecule has 0 aromatic heterocycles. The summed E-state index contributed by atoms with van der Waals surface area (Å²) in [7, 11) is 4.38. The molecular weight excluding hydrogens is 1130 g/mol. The van der Waals surface area contributed by atoms with Crippen molar-refractivity contribution in [3.63, 3.8) is 0 Å². The number of methoxy groups -OCH3 is 2. The number of fused-ring (bicyclic) bond motifs is 5. The average Bonchev–Trinajstić information content (AvgIpc) is 3.78. The summed E-state index contributed by atoms with van der Waals surface area (Å²) in [6.45, 7) is 8.92. The molecule has 2 saturated heterocycles. The maximum atomic E-state index is 16.1. The van der Waals surface area contributed by atoms with Crippen molar-refractivity contribution in [1.82, 2.24) is 26.3 Å². The first-order chi connectivity index (χ1) is 40.2. The number of hydrogen-bond donors (Lipinski definition) is 8. The van der Waals surface area contributed by atoms with E-state index in [9.17, 15) is 53.1 Å². The Morgan fingerprint density at radius 3 is 2.31 bits per heavy atom. The number of aliphatic hydroxyl groups is 1. The van der Waals surface area contributed by atoms with Gasteiger partial charge in [0.25, 0.3) is 11.8 Å². The second-order valence-electron chi connectivity index (χ2n) is 22.5. The van der Waals surface area contributed by atoms with Gasteiger partial charge in [-0.15, -0.1) is 5.06 Å². The molecule has 9 N–H and O–H groups in total. The van der Waals surface area contributed by atoms with Gasteiger partial charge in [0.2, 0.25) is 23.6 Å². The number of carbonyl (C=O) groups excluding carboxylic acids is 10. The number of rotatable bonds is 20. The molecule has 0 radical (unpaired) electrons. The van der Waals surface area contributed by atoms with E-state index in [1.165, 1.54) is 32.2 Å². The van der Waals surface area contributed by atoms with E-state index in [1.54, 1.807) is 38.1 Å². The van der Waals surface area contributed by atoms with Crippen LogP contribution in [0.15, 0.2) is 54.1 Å². The number of urea groups is 1. The van der Waals surface area contributed by atoms with Crippen LogP contribution in [-0.2, 0) is 59.0 Å². The number of anilines is 3. The number of amides is 10. The van der Waals surface area contributed by atoms with E-state index in [1.807, 2.05) is 26.8 Å². The summed E-state index contributed by atoms with van der Waals surface area (Å²) in [5.41, 5.74) is 3.82. The zero-order chi connectivity index (χ0) is 62.5. The van der Waals surface area contributed by atoms with E-state index < -0.39 is 119 Å². The number of unbranched alkanes of at least 4 members (excludes halogenated alkanes) is 1. The second-order valence-corrected chi connectivity index (χ2v) is 22.8. The Morgan fingerprint density at radius 2 is 1.67 bits per heavy atom. The first kappa shape index (κ1) is 66.3. The lowest BCUT2D eigenvalue weighted by molar-refractivity contribution is -0.197. The van der Waals surface area contributed by atoms with Crippen LogP contribution in [0.3, 0.4) is 0 Å². The van der Waals surface area contributed by atoms with Crippen LogP contribution < -0.4 is 47.3 Å². The third-order valence-corrected chi connectivity index (χ3v) is 16.4. The highest BCUT2D eigenvalue weighted by Crippen LogP contribution is 2.56. The topological polar surface area (TPSA) is 342 Å². The van der Waals surface area contributed by atoms with E-state index in [4.69, 9.17) is 41.1 Å². The number of alkyl carbamates (subject to hydrolysis) is 1. The molecule has 3 heterocycles. The molecule has 10 amide bonds. The predicted molar refractivity (Wildman–Crippen MR) is 306 cm³/mol. The Labute approximate surface area is 496 Å². The Kier molecular flexibility index (Phi) is 22.9. The van der Waals surface area contributed by atoms with Crippen LogP contribution in [0, 0.1) is 29.0 Å². The lowest BCUT2D eigenvalue weighted by Gasteiger charge is -2.55. The van der Waals surface area contributed by atoms with Crippen LogP contribution in [0.2, 0.25) is 5.02 Å². The molecule has 0 spiro atoms. The van der Waals surface area contributed by atoms with Gasteiger partial charge in [-0.2, -0.15) is 0 Å². The zero-order valence-corrected chi connectivity index (χ0v) is 49.7. The van der Waals surface area contributed by atoms with Crippen molar-refractivity contribution < 1.29 is 81.2 Å². The van der Waals surface area contributed by atoms with Crippen LogP contribution in [-0.4, -0.2) is 134 Å². The molecule has 25 nitrogen and oxygen atoms in total. The molecule has 4 aliphatic rings. The third kappa shape index (κ3) is 17.2. The molecule has 1 saturated carbocycles. The van der Waals surface area contributed by atoms with Crippen LogP contribution in [0.5, 0.6) is 5.75 Å². The number of ether oxygens (including phenoxy) is 4. The van der Waals surface area contributed by atoms with E-state index in [0.717, 1.165) is 23.3 Å². The Balaban J connectivity index is 1.17. The summed E-state index contributed by atoms with van der Waals surface area (Å²) in [4.78, 5) is 136. The summed E-state index contributed by atoms with van der Waals surface area (Å²) in [5, 5.41) is 27.8. The van der Waals surface area contributed by atoms with Gasteiger partial charge in [-0.05, 0) is 106 Å². The summed E-state index contributed by atoms with van der Waals surface area (Å²) < 4.78 is 39.4. The summed E-state index contributed by atoms with van der Waals surface area (Å²) >= 11 is 6.85. The van der Waals surface area contributed by atoms with Gasteiger partial charge in [0.1, 0.15) is 47.0 Å². The number of carbonyl (C=O) groups is 10. The fourth-order valence-corrected chi connectivity index (χ4v) is 11.3. The van der Waals surface area contributed by atoms with E-state index >= 15 is 4.39 Å². The number of halogens is 2. The largest absolute Gasteiger partial charge is 0.495 e. The number of allylic oxidation sites excluding steroid dienone is 3. The van der Waals surface area contributed by atoms with Gasteiger partial charge < -0.3 is 60.8 Å². The molecule has 85 heavy (non-hydrogen) atoms. The van der Waals surface area contributed by atoms with Gasteiger partial charge >= 0.3 is 24.2 Å². The fraction of sp³-hybridized carbons (Fsp3) is 0.552. The quantitative estimate of drug-likeness (QED) is 0.0561. The molecule has 464 valence electrons. The van der Waals surface area contributed by atoms with E-state index in [2.05, 4.69) is 31.9 Å². The molecule has 2 aromatic rings. The number of primary amides is 1. The van der Waals surface area contributed by atoms with Crippen molar-refractivity contribution >= 4 is 88.3 Å². The van der Waals surface area contributed by atoms with Gasteiger partial charge in [-0.1, -0.05) is 63.1 Å². The van der Waals surface area contributed by atoms with Crippen molar-refractivity contribution in [1.29, 1.82) is 0 Å². The monoisotopic (exact) mass is 1210 g/mol. The Hall–Kier alpha value is -7.84. The standard InChI is InChI=1S/C58H77ClFN9O16/c1-31(2)51(66-45(70)16-9-10-17-49(74)85-69-46(71)20-21-47(69)72)53(76)64-39(14-12-24-62-54(61)77)52(75)63-35-18-19-38(37(60)28-35)65-55(78)84-44-29-48(73)68(6)40-26-34(27-41(81-7)50(40)59)25-32(3)13-11-15-43(82-8)58(80)30-42(83-56(79)67-58)33(4)36-22-23-57(36,44)5/h11,13,15,18-19,26-28,31,33,36,39,42-44,51,80H,9-10,12,14,16-17,20-25,29-30H2,1-8H3,(H,63,75)(H,64,76)(H,65,78)(H,66,70)(H,67,79)(H3,61,62,77)/b15-11+,32-13+/t33-,36-,39-,42-,43+,44-,51-,57+,58-/m0/s1. The first-order valence-electron chi connectivity index (χ1n) is 28.1. The highest BCUT2D eigenvalue weighted by Gasteiger charge is 2.57. The SMILES string of the molecule is COc1cc2cc(c1Cl)N(C)C(=O)C[C@H](OC(=O)Nc1ccc(NC(=O)[C@H](CCCNC(N)=O)NC(=O)[C@@H](NC(=O)CCCCC(=O)ON3C(=O)CCC3=O)C(C)C)cc1F)[C@]1(C)CC[C@H]1[C@H](C)[C@@H]1C[C@@](O)(NC(=O)O1)[C@H](OC)/C=C/C=C(\C)C2. The average molecular weight is 1210 g/mol. The van der Waals surface area contributed by atoms with Crippen molar-refractivity contribution in [2.75, 3.05) is 43.3 Å². The molecule has 9 atom stereocenters. The Morgan fingerprint density at radius 1 is 0.965 bits per heavy atom. The van der Waals surface area contributed by atoms with Crippen molar-refractivity contribution in [3.05, 3.63) is 70.5 Å². The minimum Gasteiger partial charge on any atom is -0.495 e. The smallest absolute Gasteiger partial charge is 0.412 e. The second kappa shape index (κ2) is 29.3. The normalized spacial score (nSPS) is 25.1. The fourth-order valence-electron chi connectivity index (χ4n) is 11.0. The van der Waals surface area contributed by atoms with Crippen molar-refractivity contribution in [2.24, 2.45) is 28.9 Å². The number of nitrogens with two attached hydrogens (primary N) is 1. The van der Waals surface area contributed by atoms with E-state index in [-0.39, 0.29) is 93.1 Å². The maximum Gasteiger partial charge on any atom is 0.412 e. The van der Waals surface area contributed by atoms with Gasteiger partial charge in [0.15, 0.2) is 5.72 Å². The third-order valence-electron chi connectivity index (χ3n) is 16.0. The number of imide groups is 1. The van der Waals surface area contributed by atoms with Gasteiger partial charge in [0, 0.05) is 63.9 Å². The molecule has 6 rings (SSSR count). The van der Waals surface area contributed by atoms with Gasteiger partial charge in [-0.25, -0.2) is 23.6 Å². The zero-order valence-electron chi connectivity index (χ0n) is 48.9. The van der Waals surface area contributed by atoms with E-state index in [0.29, 0.717) is 35.8 Å². The summed E-state index contributed by atoms with van der Waals surface area (Å²) in [6, 6.07) is 3.58. The highest BCUT2D eigenvalue weighted by atomic mass is 35.5. The molecule has 0 unspecified atom stereocenters. The maximum absolute atomic E-state index is 16.1. The molecular formula is C58H77ClFN9O16. The van der Waals surface area contributed by atoms with Crippen molar-refractivity contribution in [2.45, 2.75) is 154 Å². The number of hydroxylamine groups is 2. The Bertz CT molecular complexity index is 2930. The molecule has 27 heteroatoms. The lowest BCUT2D eigenvalue weighted by atomic mass is 9.53. The van der Waals surface area contributed by atoms with Crippen LogP contribution >= 0.6 is 11.6 Å². The van der Waals surface area contributed by atoms with Crippen LogP contribution in [0.1, 0.15) is 117 Å². The number of benzene rings is 2. The number of nitrogens with one attached hydrogen (secondary N) is 6. The number of nitrogens with zero attached hydrogens (tertiary/aromatic N) is 2. The minimum absolute atomic E-state index is 0.0215. The molecule has 3 aliphatic heterocycles. The van der Waals surface area contributed by atoms with Crippen molar-refractivity contribution in [3.8, 4) is 5.75 Å². The van der Waals surface area contributed by atoms with Crippen LogP contribution in [0.4, 0.5) is 35.8 Å². The summed E-state index contributed by atoms with van der Waals surface area (Å²) in [5.74, 6) is -6.73. The molecule has 4 bridgehead atoms. The van der Waals surface area contributed by atoms with Crippen LogP contribution in [0.25, 0.3) is 0 Å². The van der Waals surface area contributed by atoms with Gasteiger partial charge in [0.05, 0.1) is 24.9 Å². The molecule has 3 fully saturated rings. The minimum atomic E-state index is -1.89.